The summed E-state index contributed by atoms with van der Waals surface area (Å²) < 4.78 is 0.711. The van der Waals surface area contributed by atoms with Crippen molar-refractivity contribution in [1.29, 1.82) is 0 Å². The molecular formula is C13H10ClN3S. The average Bonchev–Trinajstić information content (AvgIpc) is 2.82. The van der Waals surface area contributed by atoms with Crippen molar-refractivity contribution in [2.24, 2.45) is 0 Å². The Hall–Kier alpha value is -1.65. The van der Waals surface area contributed by atoms with E-state index in [1.165, 1.54) is 11.3 Å². The first-order chi connectivity index (χ1) is 8.83. The molecule has 0 atom stereocenters. The van der Waals surface area contributed by atoms with Gasteiger partial charge in [-0.15, -0.1) is 11.3 Å². The maximum absolute atomic E-state index is 5.85. The summed E-state index contributed by atoms with van der Waals surface area (Å²) in [5, 5.41) is 5.43. The van der Waals surface area contributed by atoms with Gasteiger partial charge in [-0.25, -0.2) is 4.98 Å². The number of hydrogen-bond donors (Lipinski definition) is 1. The molecule has 0 aliphatic carbocycles. The molecular weight excluding hydrogens is 266 g/mol. The van der Waals surface area contributed by atoms with Crippen molar-refractivity contribution in [2.45, 2.75) is 6.54 Å². The maximum Gasteiger partial charge on any atom is 0.113 e. The van der Waals surface area contributed by atoms with Gasteiger partial charge < -0.3 is 5.32 Å². The fourth-order valence-corrected chi connectivity index (χ4v) is 2.68. The minimum Gasteiger partial charge on any atom is -0.377 e. The molecule has 2 aromatic heterocycles. The highest BCUT2D eigenvalue weighted by Gasteiger charge is 2.03. The van der Waals surface area contributed by atoms with Crippen LogP contribution < -0.4 is 5.32 Å². The summed E-state index contributed by atoms with van der Waals surface area (Å²) in [4.78, 5) is 8.61. The lowest BCUT2D eigenvalue weighted by atomic mass is 10.2. The summed E-state index contributed by atoms with van der Waals surface area (Å²) in [7, 11) is 0. The molecule has 0 amide bonds. The third-order valence-corrected chi connectivity index (χ3v) is 3.70. The highest BCUT2D eigenvalue weighted by molar-refractivity contribution is 7.15. The van der Waals surface area contributed by atoms with Crippen LogP contribution in [0.15, 0.2) is 42.7 Å². The highest BCUT2D eigenvalue weighted by atomic mass is 35.5. The van der Waals surface area contributed by atoms with Crippen molar-refractivity contribution < 1.29 is 0 Å². The van der Waals surface area contributed by atoms with Gasteiger partial charge in [0.1, 0.15) is 9.34 Å². The van der Waals surface area contributed by atoms with Crippen molar-refractivity contribution in [3.8, 4) is 0 Å². The summed E-state index contributed by atoms with van der Waals surface area (Å²) in [6.07, 6.45) is 3.47. The SMILES string of the molecule is Clc1cnc(CNc2cccc3cccnc23)s1. The van der Waals surface area contributed by atoms with Gasteiger partial charge in [0.15, 0.2) is 0 Å². The van der Waals surface area contributed by atoms with E-state index in [1.54, 1.807) is 12.4 Å². The molecule has 0 unspecified atom stereocenters. The van der Waals surface area contributed by atoms with Crippen molar-refractivity contribution in [3.05, 3.63) is 52.1 Å². The Bertz CT molecular complexity index is 675. The number of nitrogens with zero attached hydrogens (tertiary/aromatic N) is 2. The maximum atomic E-state index is 5.85. The summed E-state index contributed by atoms with van der Waals surface area (Å²) in [6.45, 7) is 0.660. The highest BCUT2D eigenvalue weighted by Crippen LogP contribution is 2.23. The summed E-state index contributed by atoms with van der Waals surface area (Å²) >= 11 is 7.34. The van der Waals surface area contributed by atoms with Gasteiger partial charge >= 0.3 is 0 Å². The van der Waals surface area contributed by atoms with E-state index < -0.39 is 0 Å². The van der Waals surface area contributed by atoms with Crippen LogP contribution in [0.25, 0.3) is 10.9 Å². The fraction of sp³-hybridized carbons (Fsp3) is 0.0769. The molecule has 0 radical (unpaired) electrons. The smallest absolute Gasteiger partial charge is 0.113 e. The Kier molecular flexibility index (Phi) is 3.13. The number of anilines is 1. The number of nitrogens with one attached hydrogen (secondary N) is 1. The number of para-hydroxylation sites is 1. The first-order valence-corrected chi connectivity index (χ1v) is 6.70. The van der Waals surface area contributed by atoms with E-state index in [0.717, 1.165) is 21.6 Å². The number of fused-ring (bicyclic) bond motifs is 1. The lowest BCUT2D eigenvalue weighted by Gasteiger charge is -2.07. The van der Waals surface area contributed by atoms with Crippen molar-refractivity contribution in [3.63, 3.8) is 0 Å². The van der Waals surface area contributed by atoms with Crippen molar-refractivity contribution in [2.75, 3.05) is 5.32 Å². The Balaban J connectivity index is 1.86. The standard InChI is InChI=1S/C13H10ClN3S/c14-11-7-17-12(18-11)8-16-10-5-1-3-9-4-2-6-15-13(9)10/h1-7,16H,8H2. The van der Waals surface area contributed by atoms with Gasteiger partial charge in [0, 0.05) is 11.6 Å². The molecule has 18 heavy (non-hydrogen) atoms. The molecule has 0 aliphatic heterocycles. The van der Waals surface area contributed by atoms with E-state index in [0.29, 0.717) is 10.9 Å². The second-order valence-electron chi connectivity index (χ2n) is 3.79. The molecule has 0 saturated heterocycles. The van der Waals surface area contributed by atoms with E-state index in [9.17, 15) is 0 Å². The Morgan fingerprint density at radius 1 is 1.17 bits per heavy atom. The van der Waals surface area contributed by atoms with Gasteiger partial charge in [-0.05, 0) is 12.1 Å². The zero-order valence-corrected chi connectivity index (χ0v) is 11.0. The average molecular weight is 276 g/mol. The Morgan fingerprint density at radius 3 is 2.89 bits per heavy atom. The molecule has 1 aromatic carbocycles. The van der Waals surface area contributed by atoms with Crippen LogP contribution in [0, 0.1) is 0 Å². The third kappa shape index (κ3) is 2.30. The van der Waals surface area contributed by atoms with Crippen LogP contribution in [-0.4, -0.2) is 9.97 Å². The van der Waals surface area contributed by atoms with Crippen molar-refractivity contribution in [1.82, 2.24) is 9.97 Å². The lowest BCUT2D eigenvalue weighted by molar-refractivity contribution is 1.10. The molecule has 3 nitrogen and oxygen atoms in total. The topological polar surface area (TPSA) is 37.8 Å². The fourth-order valence-electron chi connectivity index (χ4n) is 1.79. The number of benzene rings is 1. The molecule has 90 valence electrons. The van der Waals surface area contributed by atoms with Crippen LogP contribution in [0.2, 0.25) is 4.34 Å². The zero-order chi connectivity index (χ0) is 12.4. The Morgan fingerprint density at radius 2 is 2.06 bits per heavy atom. The molecule has 5 heteroatoms. The third-order valence-electron chi connectivity index (χ3n) is 2.59. The molecule has 1 N–H and O–H groups in total. The lowest BCUT2D eigenvalue weighted by Crippen LogP contribution is -1.99. The minimum atomic E-state index is 0.660. The molecule has 0 aliphatic rings. The van der Waals surface area contributed by atoms with Gasteiger partial charge in [0.2, 0.25) is 0 Å². The number of thiazole rings is 1. The van der Waals surface area contributed by atoms with Gasteiger partial charge in [-0.1, -0.05) is 29.8 Å². The van der Waals surface area contributed by atoms with Gasteiger partial charge in [0.05, 0.1) is 23.9 Å². The van der Waals surface area contributed by atoms with Crippen LogP contribution in [0.1, 0.15) is 5.01 Å². The predicted molar refractivity (Wildman–Crippen MR) is 76.2 cm³/mol. The summed E-state index contributed by atoms with van der Waals surface area (Å²) in [5.41, 5.74) is 1.99. The van der Waals surface area contributed by atoms with E-state index in [1.807, 2.05) is 30.3 Å². The molecule has 0 bridgehead atoms. The van der Waals surface area contributed by atoms with Crippen LogP contribution in [0.4, 0.5) is 5.69 Å². The zero-order valence-electron chi connectivity index (χ0n) is 9.43. The number of pyridine rings is 1. The van der Waals surface area contributed by atoms with E-state index in [4.69, 9.17) is 11.6 Å². The number of rotatable bonds is 3. The largest absolute Gasteiger partial charge is 0.377 e. The van der Waals surface area contributed by atoms with Gasteiger partial charge in [-0.2, -0.15) is 0 Å². The second-order valence-corrected chi connectivity index (χ2v) is 5.54. The van der Waals surface area contributed by atoms with E-state index in [2.05, 4.69) is 15.3 Å². The summed E-state index contributed by atoms with van der Waals surface area (Å²) in [6, 6.07) is 10.1. The molecule has 3 aromatic rings. The number of aromatic nitrogens is 2. The molecule has 0 spiro atoms. The molecule has 2 heterocycles. The van der Waals surface area contributed by atoms with Crippen molar-refractivity contribution >= 4 is 39.5 Å². The van der Waals surface area contributed by atoms with E-state index in [-0.39, 0.29) is 0 Å². The van der Waals surface area contributed by atoms with Crippen LogP contribution in [0.5, 0.6) is 0 Å². The van der Waals surface area contributed by atoms with Crippen LogP contribution in [0.3, 0.4) is 0 Å². The first-order valence-electron chi connectivity index (χ1n) is 5.51. The quantitative estimate of drug-likeness (QED) is 0.786. The Labute approximate surface area is 113 Å². The monoisotopic (exact) mass is 275 g/mol. The van der Waals surface area contributed by atoms with Gasteiger partial charge in [0.25, 0.3) is 0 Å². The molecule has 0 fully saturated rings. The molecule has 0 saturated carbocycles. The van der Waals surface area contributed by atoms with Gasteiger partial charge in [-0.3, -0.25) is 4.98 Å². The molecule has 3 rings (SSSR count). The second kappa shape index (κ2) is 4.92. The normalized spacial score (nSPS) is 10.7. The van der Waals surface area contributed by atoms with Crippen LogP contribution >= 0.6 is 22.9 Å². The summed E-state index contributed by atoms with van der Waals surface area (Å²) in [5.74, 6) is 0. The van der Waals surface area contributed by atoms with Crippen LogP contribution in [-0.2, 0) is 6.54 Å². The van der Waals surface area contributed by atoms with E-state index >= 15 is 0 Å². The number of hydrogen-bond acceptors (Lipinski definition) is 4. The minimum absolute atomic E-state index is 0.660. The predicted octanol–water partition coefficient (Wildman–Crippen LogP) is 3.96. The number of halogens is 1. The first kappa shape index (κ1) is 11.4.